The van der Waals surface area contributed by atoms with Crippen molar-refractivity contribution in [1.82, 2.24) is 0 Å². The quantitative estimate of drug-likeness (QED) is 0.899. The van der Waals surface area contributed by atoms with Crippen LogP contribution in [0.5, 0.6) is 0 Å². The summed E-state index contributed by atoms with van der Waals surface area (Å²) in [6.45, 7) is 4.03. The molecular weight excluding hydrogens is 302 g/mol. The van der Waals surface area contributed by atoms with Crippen LogP contribution in [-0.2, 0) is 9.59 Å². The van der Waals surface area contributed by atoms with Crippen molar-refractivity contribution in [3.63, 3.8) is 0 Å². The molecule has 2 aromatic carbocycles. The van der Waals surface area contributed by atoms with Crippen LogP contribution in [0.3, 0.4) is 0 Å². The second kappa shape index (κ2) is 6.84. The lowest BCUT2D eigenvalue weighted by molar-refractivity contribution is -0.710. The van der Waals surface area contributed by atoms with Crippen molar-refractivity contribution in [2.45, 2.75) is 25.9 Å². The molecule has 0 saturated heterocycles. The molecule has 0 radical (unpaired) electrons. The number of nitrogens with two attached hydrogens (primary N) is 1. The van der Waals surface area contributed by atoms with Gasteiger partial charge >= 0.3 is 0 Å². The average Bonchev–Trinajstić information content (AvgIpc) is 2.61. The molecule has 124 valence electrons. The Bertz CT molecular complexity index is 745. The third kappa shape index (κ3) is 3.31. The average molecular weight is 324 g/mol. The molecule has 0 saturated carbocycles. The number of benzene rings is 2. The lowest BCUT2D eigenvalue weighted by Crippen LogP contribution is -2.92. The molecular formula is C19H22N3O2+. The van der Waals surface area contributed by atoms with Gasteiger partial charge in [-0.3, -0.25) is 14.5 Å². The number of fused-ring (bicyclic) bond motifs is 1. The smallest absolute Gasteiger partial charge is 0.285 e. The number of quaternary nitrogens is 1. The van der Waals surface area contributed by atoms with Gasteiger partial charge in [0.05, 0.1) is 11.4 Å². The maximum absolute atomic E-state index is 12.9. The lowest BCUT2D eigenvalue weighted by atomic mass is 10.1. The summed E-state index contributed by atoms with van der Waals surface area (Å²) in [5.74, 6) is -0.217. The minimum Gasteiger partial charge on any atom is -0.330 e. The maximum Gasteiger partial charge on any atom is 0.285 e. The molecule has 24 heavy (non-hydrogen) atoms. The Kier molecular flexibility index (Phi) is 4.62. The van der Waals surface area contributed by atoms with Gasteiger partial charge in [-0.25, -0.2) is 0 Å². The first-order valence-electron chi connectivity index (χ1n) is 8.16. The van der Waals surface area contributed by atoms with E-state index in [1.165, 1.54) is 5.56 Å². The predicted molar refractivity (Wildman–Crippen MR) is 93.7 cm³/mol. The Hall–Kier alpha value is -2.66. The number of amides is 2. The van der Waals surface area contributed by atoms with Gasteiger partial charge in [-0.1, -0.05) is 42.5 Å². The molecule has 2 amide bonds. The maximum atomic E-state index is 12.9. The highest BCUT2D eigenvalue weighted by molar-refractivity contribution is 6.10. The number of nitrogens with zero attached hydrogens (tertiary/aromatic N) is 1. The van der Waals surface area contributed by atoms with E-state index in [1.54, 1.807) is 4.90 Å². The molecule has 2 aromatic rings. The van der Waals surface area contributed by atoms with Crippen LogP contribution in [0.2, 0.25) is 0 Å². The topological polar surface area (TPSA) is 66.0 Å². The van der Waals surface area contributed by atoms with Crippen molar-refractivity contribution < 1.29 is 14.9 Å². The van der Waals surface area contributed by atoms with Gasteiger partial charge in [0.2, 0.25) is 5.91 Å². The van der Waals surface area contributed by atoms with Crippen molar-refractivity contribution in [3.05, 3.63) is 60.2 Å². The van der Waals surface area contributed by atoms with Crippen LogP contribution in [0.15, 0.2) is 54.6 Å². The SMILES string of the molecule is C[C@H]([NH2+][C@H](C)c1ccccc1)C(=O)N1CC(=O)Nc2ccccc21. The van der Waals surface area contributed by atoms with Gasteiger partial charge in [0.15, 0.2) is 6.04 Å². The van der Waals surface area contributed by atoms with Crippen molar-refractivity contribution in [3.8, 4) is 0 Å². The molecule has 0 fully saturated rings. The number of rotatable bonds is 4. The molecule has 2 atom stereocenters. The molecule has 0 aliphatic carbocycles. The normalized spacial score (nSPS) is 16.1. The van der Waals surface area contributed by atoms with E-state index >= 15 is 0 Å². The van der Waals surface area contributed by atoms with Crippen molar-refractivity contribution >= 4 is 23.2 Å². The number of hydrogen-bond donors (Lipinski definition) is 2. The van der Waals surface area contributed by atoms with Crippen LogP contribution in [0.1, 0.15) is 25.5 Å². The number of hydrogen-bond acceptors (Lipinski definition) is 2. The largest absolute Gasteiger partial charge is 0.330 e. The number of carbonyl (C=O) groups is 2. The summed E-state index contributed by atoms with van der Waals surface area (Å²) < 4.78 is 0. The van der Waals surface area contributed by atoms with Crippen molar-refractivity contribution in [2.75, 3.05) is 16.8 Å². The van der Waals surface area contributed by atoms with Crippen LogP contribution < -0.4 is 15.5 Å². The van der Waals surface area contributed by atoms with Crippen LogP contribution in [-0.4, -0.2) is 24.4 Å². The van der Waals surface area contributed by atoms with Crippen molar-refractivity contribution in [1.29, 1.82) is 0 Å². The number of anilines is 2. The fourth-order valence-corrected chi connectivity index (χ4v) is 3.06. The lowest BCUT2D eigenvalue weighted by Gasteiger charge is -2.30. The Morgan fingerprint density at radius 1 is 1.08 bits per heavy atom. The molecule has 0 spiro atoms. The van der Waals surface area contributed by atoms with E-state index < -0.39 is 0 Å². The molecule has 5 heteroatoms. The minimum atomic E-state index is -0.279. The summed E-state index contributed by atoms with van der Waals surface area (Å²) in [4.78, 5) is 26.4. The Morgan fingerprint density at radius 3 is 2.50 bits per heavy atom. The van der Waals surface area contributed by atoms with Gasteiger partial charge in [0.1, 0.15) is 12.6 Å². The summed E-state index contributed by atoms with van der Waals surface area (Å²) in [7, 11) is 0. The van der Waals surface area contributed by atoms with Gasteiger partial charge in [-0.2, -0.15) is 0 Å². The fourth-order valence-electron chi connectivity index (χ4n) is 3.06. The van der Waals surface area contributed by atoms with E-state index in [9.17, 15) is 9.59 Å². The van der Waals surface area contributed by atoms with E-state index in [2.05, 4.69) is 24.4 Å². The van der Waals surface area contributed by atoms with Crippen LogP contribution >= 0.6 is 0 Å². The summed E-state index contributed by atoms with van der Waals surface area (Å²) in [6, 6.07) is 17.4. The molecule has 3 rings (SSSR count). The Morgan fingerprint density at radius 2 is 1.75 bits per heavy atom. The Labute approximate surface area is 141 Å². The van der Waals surface area contributed by atoms with Crippen molar-refractivity contribution in [2.24, 2.45) is 0 Å². The first-order chi connectivity index (χ1) is 11.6. The highest BCUT2D eigenvalue weighted by atomic mass is 16.2. The van der Waals surface area contributed by atoms with E-state index in [0.29, 0.717) is 5.69 Å². The van der Waals surface area contributed by atoms with Gasteiger partial charge in [0, 0.05) is 5.56 Å². The third-order valence-corrected chi connectivity index (χ3v) is 4.33. The molecule has 5 nitrogen and oxygen atoms in total. The fraction of sp³-hybridized carbons (Fsp3) is 0.263. The molecule has 1 aliphatic rings. The van der Waals surface area contributed by atoms with E-state index in [4.69, 9.17) is 0 Å². The zero-order chi connectivity index (χ0) is 17.1. The summed E-state index contributed by atoms with van der Waals surface area (Å²) in [5.41, 5.74) is 2.62. The molecule has 0 bridgehead atoms. The van der Waals surface area contributed by atoms with E-state index in [1.807, 2.05) is 54.7 Å². The first-order valence-corrected chi connectivity index (χ1v) is 8.16. The molecule has 1 aliphatic heterocycles. The van der Waals surface area contributed by atoms with Crippen LogP contribution in [0.4, 0.5) is 11.4 Å². The minimum absolute atomic E-state index is 0.0555. The molecule has 3 N–H and O–H groups in total. The molecule has 1 heterocycles. The highest BCUT2D eigenvalue weighted by Gasteiger charge is 2.32. The van der Waals surface area contributed by atoms with Gasteiger partial charge in [-0.15, -0.1) is 0 Å². The van der Waals surface area contributed by atoms with Gasteiger partial charge < -0.3 is 10.6 Å². The first kappa shape index (κ1) is 16.2. The summed E-state index contributed by atoms with van der Waals surface area (Å²) in [6.07, 6.45) is 0. The highest BCUT2D eigenvalue weighted by Crippen LogP contribution is 2.29. The van der Waals surface area contributed by atoms with Gasteiger partial charge in [-0.05, 0) is 26.0 Å². The standard InChI is InChI=1S/C19H21N3O2/c1-13(15-8-4-3-5-9-15)20-14(2)19(24)22-12-18(23)21-16-10-6-7-11-17(16)22/h3-11,13-14,20H,12H2,1-2H3,(H,21,23)/p+1/t13-,14+/m1/s1. The Balaban J connectivity index is 1.75. The number of para-hydroxylation sites is 2. The van der Waals surface area contributed by atoms with E-state index in [0.717, 1.165) is 5.69 Å². The predicted octanol–water partition coefficient (Wildman–Crippen LogP) is 1.68. The van der Waals surface area contributed by atoms with E-state index in [-0.39, 0.29) is 30.4 Å². The second-order valence-corrected chi connectivity index (χ2v) is 6.17. The summed E-state index contributed by atoms with van der Waals surface area (Å²) >= 11 is 0. The summed E-state index contributed by atoms with van der Waals surface area (Å²) in [5, 5.41) is 4.84. The zero-order valence-electron chi connectivity index (χ0n) is 13.9. The molecule has 0 unspecified atom stereocenters. The zero-order valence-corrected chi connectivity index (χ0v) is 13.9. The number of carbonyl (C=O) groups excluding carboxylic acids is 2. The number of nitrogens with one attached hydrogen (secondary N) is 1. The molecule has 0 aromatic heterocycles. The van der Waals surface area contributed by atoms with Crippen LogP contribution in [0.25, 0.3) is 0 Å². The third-order valence-electron chi connectivity index (χ3n) is 4.33. The second-order valence-electron chi connectivity index (χ2n) is 6.17. The van der Waals surface area contributed by atoms with Gasteiger partial charge in [0.25, 0.3) is 5.91 Å². The van der Waals surface area contributed by atoms with Crippen LogP contribution in [0, 0.1) is 0 Å². The monoisotopic (exact) mass is 324 g/mol.